The average Bonchev–Trinajstić information content (AvgIpc) is 3.37. The fourth-order valence-electron chi connectivity index (χ4n) is 3.77. The van der Waals surface area contributed by atoms with Crippen molar-refractivity contribution in [1.82, 2.24) is 19.8 Å². The van der Waals surface area contributed by atoms with Crippen LogP contribution in [0.2, 0.25) is 0 Å². The number of rotatable bonds is 7. The molecule has 0 radical (unpaired) electrons. The number of thiazole rings is 1. The van der Waals surface area contributed by atoms with E-state index in [2.05, 4.69) is 39.2 Å². The fourth-order valence-corrected chi connectivity index (χ4v) is 4.44. The number of hydrogen-bond donors (Lipinski definition) is 2. The second kappa shape index (κ2) is 9.55. The minimum Gasteiger partial charge on any atom is -0.379 e. The van der Waals surface area contributed by atoms with Crippen LogP contribution in [0, 0.1) is 6.92 Å². The van der Waals surface area contributed by atoms with E-state index in [1.54, 1.807) is 11.3 Å². The summed E-state index contributed by atoms with van der Waals surface area (Å²) in [4.78, 5) is 26.4. The molecule has 0 aromatic carbocycles. The van der Waals surface area contributed by atoms with Gasteiger partial charge < -0.3 is 20.3 Å². The Morgan fingerprint density at radius 1 is 1.33 bits per heavy atom. The summed E-state index contributed by atoms with van der Waals surface area (Å²) in [6.07, 6.45) is 4.12. The predicted molar refractivity (Wildman–Crippen MR) is 119 cm³/mol. The molecule has 0 unspecified atom stereocenters. The van der Waals surface area contributed by atoms with Gasteiger partial charge >= 0.3 is 0 Å². The molecule has 9 heteroatoms. The zero-order chi connectivity index (χ0) is 20.9. The molecule has 2 aliphatic rings. The molecule has 4 heterocycles. The minimum absolute atomic E-state index is 0.0187. The normalized spacial score (nSPS) is 19.6. The zero-order valence-electron chi connectivity index (χ0n) is 17.3. The first-order valence-corrected chi connectivity index (χ1v) is 11.1. The van der Waals surface area contributed by atoms with Crippen molar-refractivity contribution < 1.29 is 9.53 Å². The minimum atomic E-state index is -0.0187. The topological polar surface area (TPSA) is 82.6 Å². The van der Waals surface area contributed by atoms with E-state index in [9.17, 15) is 4.79 Å². The highest BCUT2D eigenvalue weighted by Crippen LogP contribution is 2.25. The van der Waals surface area contributed by atoms with Crippen molar-refractivity contribution in [2.75, 3.05) is 50.0 Å². The maximum Gasteiger partial charge on any atom is 0.246 e. The quantitative estimate of drug-likeness (QED) is 0.656. The molecule has 4 rings (SSSR count). The Morgan fingerprint density at radius 2 is 2.13 bits per heavy atom. The number of carbonyl (C=O) groups excluding carboxylic acids is 1. The first kappa shape index (κ1) is 20.8. The lowest BCUT2D eigenvalue weighted by Crippen LogP contribution is -2.35. The van der Waals surface area contributed by atoms with E-state index in [1.165, 1.54) is 11.6 Å². The Hall–Kier alpha value is -2.49. The maximum absolute atomic E-state index is 11.9. The fraction of sp³-hybridized carbons (Fsp3) is 0.476. The van der Waals surface area contributed by atoms with Crippen LogP contribution in [-0.4, -0.2) is 71.1 Å². The zero-order valence-corrected chi connectivity index (χ0v) is 18.1. The summed E-state index contributed by atoms with van der Waals surface area (Å²) in [5.74, 6) is 1.57. The van der Waals surface area contributed by atoms with Crippen LogP contribution in [-0.2, 0) is 16.1 Å². The number of amides is 1. The molecule has 2 N–H and O–H groups in total. The highest BCUT2D eigenvalue weighted by Gasteiger charge is 2.25. The molecule has 1 atom stereocenters. The smallest absolute Gasteiger partial charge is 0.246 e. The SMILES string of the molecule is C=CC(=O)N1CC[C@H](Nc2cc(CN3CCOCC3)cc(Nc3ncc(C)s3)n2)C1. The van der Waals surface area contributed by atoms with Gasteiger partial charge in [0.25, 0.3) is 0 Å². The van der Waals surface area contributed by atoms with Gasteiger partial charge in [-0.15, -0.1) is 11.3 Å². The third-order valence-electron chi connectivity index (χ3n) is 5.28. The summed E-state index contributed by atoms with van der Waals surface area (Å²) in [5, 5.41) is 7.69. The molecule has 1 amide bonds. The van der Waals surface area contributed by atoms with E-state index in [4.69, 9.17) is 9.72 Å². The summed E-state index contributed by atoms with van der Waals surface area (Å²) in [5.41, 5.74) is 1.18. The molecule has 0 saturated carbocycles. The van der Waals surface area contributed by atoms with Crippen molar-refractivity contribution in [3.8, 4) is 0 Å². The van der Waals surface area contributed by atoms with Gasteiger partial charge in [0, 0.05) is 49.8 Å². The van der Waals surface area contributed by atoms with Gasteiger partial charge in [0.1, 0.15) is 11.6 Å². The Balaban J connectivity index is 1.50. The van der Waals surface area contributed by atoms with Gasteiger partial charge in [-0.05, 0) is 37.1 Å². The van der Waals surface area contributed by atoms with Gasteiger partial charge in [-0.2, -0.15) is 0 Å². The summed E-state index contributed by atoms with van der Waals surface area (Å²) < 4.78 is 5.47. The van der Waals surface area contributed by atoms with Gasteiger partial charge in [0.05, 0.1) is 13.2 Å². The number of aromatic nitrogens is 2. The molecule has 2 aromatic heterocycles. The van der Waals surface area contributed by atoms with Gasteiger partial charge in [-0.3, -0.25) is 9.69 Å². The van der Waals surface area contributed by atoms with Crippen LogP contribution >= 0.6 is 11.3 Å². The van der Waals surface area contributed by atoms with Gasteiger partial charge in [-0.25, -0.2) is 9.97 Å². The summed E-state index contributed by atoms with van der Waals surface area (Å²) >= 11 is 1.61. The number of pyridine rings is 1. The van der Waals surface area contributed by atoms with E-state index in [1.807, 2.05) is 18.0 Å². The lowest BCUT2D eigenvalue weighted by molar-refractivity contribution is -0.125. The predicted octanol–water partition coefficient (Wildman–Crippen LogP) is 2.62. The van der Waals surface area contributed by atoms with Crippen LogP contribution in [0.25, 0.3) is 0 Å². The summed E-state index contributed by atoms with van der Waals surface area (Å²) in [7, 11) is 0. The van der Waals surface area contributed by atoms with Crippen LogP contribution < -0.4 is 10.6 Å². The molecule has 0 aliphatic carbocycles. The Bertz CT molecular complexity index is 895. The largest absolute Gasteiger partial charge is 0.379 e. The molecule has 160 valence electrons. The number of hydrogen-bond acceptors (Lipinski definition) is 8. The van der Waals surface area contributed by atoms with Crippen LogP contribution in [0.1, 0.15) is 16.9 Å². The first-order chi connectivity index (χ1) is 14.6. The van der Waals surface area contributed by atoms with Crippen molar-refractivity contribution in [3.63, 3.8) is 0 Å². The number of morpholine rings is 1. The highest BCUT2D eigenvalue weighted by molar-refractivity contribution is 7.15. The number of anilines is 3. The van der Waals surface area contributed by atoms with Crippen molar-refractivity contribution >= 4 is 34.0 Å². The second-order valence-corrected chi connectivity index (χ2v) is 8.89. The molecule has 0 bridgehead atoms. The van der Waals surface area contributed by atoms with E-state index < -0.39 is 0 Å². The van der Waals surface area contributed by atoms with E-state index in [-0.39, 0.29) is 11.9 Å². The standard InChI is InChI=1S/C21H28N6O2S/c1-3-20(28)27-5-4-17(14-27)23-18-10-16(13-26-6-8-29-9-7-26)11-19(24-18)25-21-22-12-15(2)30-21/h3,10-12,17H,1,4-9,13-14H2,2H3,(H2,22,23,24,25)/t17-/m0/s1. The molecule has 8 nitrogen and oxygen atoms in total. The summed E-state index contributed by atoms with van der Waals surface area (Å²) in [6.45, 7) is 11.3. The molecule has 2 aromatic rings. The van der Waals surface area contributed by atoms with E-state index >= 15 is 0 Å². The van der Waals surface area contributed by atoms with Crippen LogP contribution in [0.3, 0.4) is 0 Å². The van der Waals surface area contributed by atoms with Crippen molar-refractivity contribution in [3.05, 3.63) is 41.4 Å². The monoisotopic (exact) mass is 428 g/mol. The van der Waals surface area contributed by atoms with Gasteiger partial charge in [-0.1, -0.05) is 6.58 Å². The third-order valence-corrected chi connectivity index (χ3v) is 6.11. The highest BCUT2D eigenvalue weighted by atomic mass is 32.1. The van der Waals surface area contributed by atoms with E-state index in [0.29, 0.717) is 6.54 Å². The number of nitrogens with zero attached hydrogens (tertiary/aromatic N) is 4. The Kier molecular flexibility index (Phi) is 6.61. The van der Waals surface area contributed by atoms with Crippen molar-refractivity contribution in [2.24, 2.45) is 0 Å². The molecular weight excluding hydrogens is 400 g/mol. The molecule has 0 spiro atoms. The third kappa shape index (κ3) is 5.35. The lowest BCUT2D eigenvalue weighted by atomic mass is 10.2. The first-order valence-electron chi connectivity index (χ1n) is 10.3. The summed E-state index contributed by atoms with van der Waals surface area (Å²) in [6, 6.07) is 4.36. The van der Waals surface area contributed by atoms with Gasteiger partial charge in [0.2, 0.25) is 5.91 Å². The average molecular weight is 429 g/mol. The number of likely N-dealkylation sites (tertiary alicyclic amines) is 1. The molecule has 2 aliphatic heterocycles. The second-order valence-electron chi connectivity index (χ2n) is 7.65. The maximum atomic E-state index is 11.9. The van der Waals surface area contributed by atoms with Crippen molar-refractivity contribution in [1.29, 1.82) is 0 Å². The van der Waals surface area contributed by atoms with Crippen LogP contribution in [0.5, 0.6) is 0 Å². The number of ether oxygens (including phenoxy) is 1. The van der Waals surface area contributed by atoms with Crippen LogP contribution in [0.15, 0.2) is 31.0 Å². The molecular formula is C21H28N6O2S. The van der Waals surface area contributed by atoms with Gasteiger partial charge in [0.15, 0.2) is 5.13 Å². The van der Waals surface area contributed by atoms with Crippen LogP contribution in [0.4, 0.5) is 16.8 Å². The Labute approximate surface area is 181 Å². The van der Waals surface area contributed by atoms with Crippen molar-refractivity contribution in [2.45, 2.75) is 25.9 Å². The van der Waals surface area contributed by atoms with E-state index in [0.717, 1.165) is 67.5 Å². The Morgan fingerprint density at radius 3 is 2.87 bits per heavy atom. The molecule has 2 fully saturated rings. The number of nitrogens with one attached hydrogen (secondary N) is 2. The number of aryl methyl sites for hydroxylation is 1. The lowest BCUT2D eigenvalue weighted by Gasteiger charge is -2.27. The molecule has 30 heavy (non-hydrogen) atoms. The molecule has 2 saturated heterocycles. The number of carbonyl (C=O) groups is 1.